The number of nitrogens with zero attached hydrogens (tertiary/aromatic N) is 2. The lowest BCUT2D eigenvalue weighted by Gasteiger charge is -2.11. The predicted octanol–water partition coefficient (Wildman–Crippen LogP) is 1.81. The molecule has 0 aliphatic carbocycles. The van der Waals surface area contributed by atoms with Gasteiger partial charge < -0.3 is 19.3 Å². The fraction of sp³-hybridized carbons (Fsp3) is 0.429. The summed E-state index contributed by atoms with van der Waals surface area (Å²) in [6.07, 6.45) is 2.08. The lowest BCUT2D eigenvalue weighted by atomic mass is 10.2. The minimum atomic E-state index is 0.616. The molecule has 0 radical (unpaired) electrons. The molecule has 2 rings (SSSR count). The fourth-order valence-corrected chi connectivity index (χ4v) is 1.83. The maximum Gasteiger partial charge on any atom is 0.213 e. The molecule has 6 heteroatoms. The summed E-state index contributed by atoms with van der Waals surface area (Å²) in [4.78, 5) is 3.97. The van der Waals surface area contributed by atoms with Crippen molar-refractivity contribution in [2.75, 3.05) is 20.3 Å². The highest BCUT2D eigenvalue weighted by molar-refractivity contribution is 5.42. The second-order valence-corrected chi connectivity index (χ2v) is 4.19. The van der Waals surface area contributed by atoms with E-state index in [2.05, 4.69) is 20.0 Å². The first-order valence-electron chi connectivity index (χ1n) is 6.59. The van der Waals surface area contributed by atoms with Crippen molar-refractivity contribution in [2.45, 2.75) is 19.9 Å². The van der Waals surface area contributed by atoms with Gasteiger partial charge in [-0.25, -0.2) is 0 Å². The maximum atomic E-state index is 5.55. The van der Waals surface area contributed by atoms with Crippen molar-refractivity contribution in [3.05, 3.63) is 36.0 Å². The Kier molecular flexibility index (Phi) is 5.37. The summed E-state index contributed by atoms with van der Waals surface area (Å²) in [6.45, 7) is 4.11. The molecule has 0 aliphatic rings. The summed E-state index contributed by atoms with van der Waals surface area (Å²) < 4.78 is 15.5. The van der Waals surface area contributed by atoms with Gasteiger partial charge in [0.05, 0.1) is 13.7 Å². The van der Waals surface area contributed by atoms with E-state index in [9.17, 15) is 0 Å². The summed E-state index contributed by atoms with van der Waals surface area (Å²) in [5.41, 5.74) is 1.14. The minimum Gasteiger partial charge on any atom is -0.493 e. The van der Waals surface area contributed by atoms with Gasteiger partial charge in [0.1, 0.15) is 0 Å². The van der Waals surface area contributed by atoms with Crippen LogP contribution < -0.4 is 14.8 Å². The van der Waals surface area contributed by atoms with Gasteiger partial charge >= 0.3 is 0 Å². The van der Waals surface area contributed by atoms with Crippen molar-refractivity contribution in [3.63, 3.8) is 0 Å². The normalized spacial score (nSPS) is 10.5. The Morgan fingerprint density at radius 2 is 2.20 bits per heavy atom. The van der Waals surface area contributed by atoms with E-state index in [1.54, 1.807) is 7.11 Å². The van der Waals surface area contributed by atoms with Gasteiger partial charge in [-0.1, -0.05) is 11.2 Å². The van der Waals surface area contributed by atoms with Crippen molar-refractivity contribution in [3.8, 4) is 11.5 Å². The van der Waals surface area contributed by atoms with Gasteiger partial charge in [0, 0.05) is 19.5 Å². The molecule has 0 spiro atoms. The van der Waals surface area contributed by atoms with Gasteiger partial charge in [-0.05, 0) is 24.6 Å². The highest BCUT2D eigenvalue weighted by atomic mass is 16.5. The van der Waals surface area contributed by atoms with E-state index in [0.717, 1.165) is 36.6 Å². The van der Waals surface area contributed by atoms with Gasteiger partial charge in [0.2, 0.25) is 6.39 Å². The van der Waals surface area contributed by atoms with Crippen molar-refractivity contribution in [1.29, 1.82) is 0 Å². The van der Waals surface area contributed by atoms with E-state index in [-0.39, 0.29) is 0 Å². The largest absolute Gasteiger partial charge is 0.493 e. The second-order valence-electron chi connectivity index (χ2n) is 4.19. The van der Waals surface area contributed by atoms with Crippen LogP contribution in [0.25, 0.3) is 0 Å². The molecule has 1 N–H and O–H groups in total. The molecule has 1 aromatic carbocycles. The molecule has 0 bridgehead atoms. The first kappa shape index (κ1) is 14.3. The van der Waals surface area contributed by atoms with E-state index < -0.39 is 0 Å². The molecule has 2 aromatic rings. The van der Waals surface area contributed by atoms with Crippen LogP contribution in [0.2, 0.25) is 0 Å². The lowest BCUT2D eigenvalue weighted by Crippen LogP contribution is -2.17. The van der Waals surface area contributed by atoms with Crippen molar-refractivity contribution in [1.82, 2.24) is 15.5 Å². The maximum absolute atomic E-state index is 5.55. The quantitative estimate of drug-likeness (QED) is 0.742. The fourth-order valence-electron chi connectivity index (χ4n) is 1.83. The zero-order valence-corrected chi connectivity index (χ0v) is 11.8. The number of methoxy groups -OCH3 is 1. The summed E-state index contributed by atoms with van der Waals surface area (Å²) in [6, 6.07) is 5.92. The molecule has 0 aliphatic heterocycles. The third kappa shape index (κ3) is 3.96. The van der Waals surface area contributed by atoms with E-state index >= 15 is 0 Å². The molecular formula is C14H19N3O3. The van der Waals surface area contributed by atoms with Crippen LogP contribution in [0.3, 0.4) is 0 Å². The molecule has 1 aromatic heterocycles. The van der Waals surface area contributed by atoms with E-state index in [4.69, 9.17) is 9.47 Å². The second kappa shape index (κ2) is 7.49. The Balaban J connectivity index is 1.84. The number of benzene rings is 1. The molecule has 0 saturated heterocycles. The van der Waals surface area contributed by atoms with Crippen LogP contribution in [0.5, 0.6) is 11.5 Å². The highest BCUT2D eigenvalue weighted by Crippen LogP contribution is 2.27. The average Bonchev–Trinajstić information content (AvgIpc) is 2.97. The summed E-state index contributed by atoms with van der Waals surface area (Å²) >= 11 is 0. The third-order valence-corrected chi connectivity index (χ3v) is 2.79. The monoisotopic (exact) mass is 277 g/mol. The van der Waals surface area contributed by atoms with E-state index in [1.165, 1.54) is 6.39 Å². The summed E-state index contributed by atoms with van der Waals surface area (Å²) in [5.74, 6) is 2.23. The Labute approximate surface area is 118 Å². The Morgan fingerprint density at radius 3 is 2.90 bits per heavy atom. The molecule has 0 amide bonds. The molecule has 20 heavy (non-hydrogen) atoms. The van der Waals surface area contributed by atoms with Crippen LogP contribution in [0.1, 0.15) is 18.3 Å². The first-order valence-corrected chi connectivity index (χ1v) is 6.59. The van der Waals surface area contributed by atoms with Crippen molar-refractivity contribution < 1.29 is 14.0 Å². The summed E-state index contributed by atoms with van der Waals surface area (Å²) in [7, 11) is 1.64. The number of hydrogen-bond acceptors (Lipinski definition) is 6. The standard InChI is InChI=1S/C14H19N3O3/c1-3-19-13-8-11(4-5-12(13)18-2)9-15-7-6-14-16-10-20-17-14/h4-5,8,10,15H,3,6-7,9H2,1-2H3. The van der Waals surface area contributed by atoms with Gasteiger partial charge in [-0.3, -0.25) is 0 Å². The topological polar surface area (TPSA) is 69.4 Å². The van der Waals surface area contributed by atoms with Crippen molar-refractivity contribution in [2.24, 2.45) is 0 Å². The highest BCUT2D eigenvalue weighted by Gasteiger charge is 2.05. The number of rotatable bonds is 8. The van der Waals surface area contributed by atoms with Crippen LogP contribution in [0.15, 0.2) is 29.1 Å². The van der Waals surface area contributed by atoms with Crippen LogP contribution in [-0.4, -0.2) is 30.4 Å². The Morgan fingerprint density at radius 1 is 1.30 bits per heavy atom. The minimum absolute atomic E-state index is 0.616. The molecule has 108 valence electrons. The van der Waals surface area contributed by atoms with E-state index in [1.807, 2.05) is 25.1 Å². The molecule has 1 heterocycles. The molecule has 0 fully saturated rings. The van der Waals surface area contributed by atoms with Crippen LogP contribution in [-0.2, 0) is 13.0 Å². The molecule has 6 nitrogen and oxygen atoms in total. The van der Waals surface area contributed by atoms with E-state index in [0.29, 0.717) is 12.4 Å². The smallest absolute Gasteiger partial charge is 0.213 e. The zero-order valence-electron chi connectivity index (χ0n) is 11.8. The first-order chi connectivity index (χ1) is 9.83. The number of nitrogens with one attached hydrogen (secondary N) is 1. The summed E-state index contributed by atoms with van der Waals surface area (Å²) in [5, 5.41) is 7.09. The Bertz CT molecular complexity index is 514. The van der Waals surface area contributed by atoms with Crippen LogP contribution in [0.4, 0.5) is 0 Å². The molecular weight excluding hydrogens is 258 g/mol. The number of aromatic nitrogens is 2. The predicted molar refractivity (Wildman–Crippen MR) is 73.9 cm³/mol. The van der Waals surface area contributed by atoms with Gasteiger partial charge in [-0.2, -0.15) is 4.98 Å². The van der Waals surface area contributed by atoms with Crippen LogP contribution >= 0.6 is 0 Å². The van der Waals surface area contributed by atoms with Crippen LogP contribution in [0, 0.1) is 0 Å². The lowest BCUT2D eigenvalue weighted by molar-refractivity contribution is 0.310. The number of ether oxygens (including phenoxy) is 2. The van der Waals surface area contributed by atoms with Crippen molar-refractivity contribution >= 4 is 0 Å². The third-order valence-electron chi connectivity index (χ3n) is 2.79. The zero-order chi connectivity index (χ0) is 14.2. The van der Waals surface area contributed by atoms with Gasteiger partial charge in [-0.15, -0.1) is 0 Å². The van der Waals surface area contributed by atoms with Gasteiger partial charge in [0.15, 0.2) is 17.3 Å². The Hall–Kier alpha value is -2.08. The molecule has 0 saturated carbocycles. The number of hydrogen-bond donors (Lipinski definition) is 1. The molecule has 0 atom stereocenters. The SMILES string of the molecule is CCOc1cc(CNCCc2ncon2)ccc1OC. The average molecular weight is 277 g/mol. The van der Waals surface area contributed by atoms with Gasteiger partial charge in [0.25, 0.3) is 0 Å². The molecule has 0 unspecified atom stereocenters.